The van der Waals surface area contributed by atoms with Gasteiger partial charge in [0.2, 0.25) is 0 Å². The summed E-state index contributed by atoms with van der Waals surface area (Å²) in [5.74, 6) is 1.18. The first-order chi connectivity index (χ1) is 10.9. The molecule has 0 unspecified atom stereocenters. The van der Waals surface area contributed by atoms with Crippen LogP contribution in [0.1, 0.15) is 23.4 Å². The van der Waals surface area contributed by atoms with Crippen LogP contribution in [0.25, 0.3) is 0 Å². The minimum atomic E-state index is -4.42. The molecule has 7 nitrogen and oxygen atoms in total. The normalized spacial score (nSPS) is 12.0. The molecule has 0 amide bonds. The summed E-state index contributed by atoms with van der Waals surface area (Å²) in [5.41, 5.74) is -0.877. The molecule has 134 valence electrons. The number of hydrogen-bond acceptors (Lipinski definition) is 5. The topological polar surface area (TPSA) is 80.0 Å². The molecule has 0 aliphatic rings. The second kappa shape index (κ2) is 9.15. The van der Waals surface area contributed by atoms with Crippen molar-refractivity contribution in [2.45, 2.75) is 32.7 Å². The lowest BCUT2D eigenvalue weighted by Gasteiger charge is -2.10. The lowest BCUT2D eigenvalue weighted by Crippen LogP contribution is -2.37. The lowest BCUT2D eigenvalue weighted by molar-refractivity contribution is -0.140. The smallest absolute Gasteiger partial charge is 0.350 e. The zero-order valence-corrected chi connectivity index (χ0v) is 16.1. The molecule has 0 radical (unpaired) electrons. The van der Waals surface area contributed by atoms with E-state index in [1.807, 2.05) is 11.5 Å². The summed E-state index contributed by atoms with van der Waals surface area (Å²) in [6.45, 7) is 3.27. The monoisotopic (exact) mass is 475 g/mol. The molecule has 12 heteroatoms. The molecule has 0 aliphatic heterocycles. The molecule has 2 N–H and O–H groups in total. The summed E-state index contributed by atoms with van der Waals surface area (Å²) >= 11 is 0.948. The van der Waals surface area contributed by atoms with E-state index in [4.69, 9.17) is 0 Å². The third kappa shape index (κ3) is 5.58. The maximum Gasteiger partial charge on any atom is 0.434 e. The molecule has 2 rings (SSSR count). The fourth-order valence-electron chi connectivity index (χ4n) is 1.74. The summed E-state index contributed by atoms with van der Waals surface area (Å²) in [5, 5.41) is 15.1. The van der Waals surface area contributed by atoms with Crippen LogP contribution >= 0.6 is 35.3 Å². The Morgan fingerprint density at radius 1 is 1.33 bits per heavy atom. The quantitative estimate of drug-likeness (QED) is 0.394. The molecular weight excluding hydrogens is 458 g/mol. The summed E-state index contributed by atoms with van der Waals surface area (Å²) in [4.78, 5) is 7.55. The Kier molecular flexibility index (Phi) is 7.86. The minimum absolute atomic E-state index is 0. The molecule has 0 aliphatic carbocycles. The first-order valence-corrected chi connectivity index (χ1v) is 7.64. The van der Waals surface area contributed by atoms with Crippen LogP contribution in [0.3, 0.4) is 0 Å². The van der Waals surface area contributed by atoms with Crippen LogP contribution in [0.15, 0.2) is 16.7 Å². The highest BCUT2D eigenvalue weighted by atomic mass is 127. The van der Waals surface area contributed by atoms with E-state index in [1.165, 1.54) is 0 Å². The number of halogens is 4. The van der Waals surface area contributed by atoms with Crippen molar-refractivity contribution in [1.29, 1.82) is 0 Å². The molecule has 0 atom stereocenters. The van der Waals surface area contributed by atoms with Crippen molar-refractivity contribution in [3.05, 3.63) is 28.2 Å². The largest absolute Gasteiger partial charge is 0.434 e. The Bertz CT molecular complexity index is 668. The van der Waals surface area contributed by atoms with Crippen LogP contribution in [-0.2, 0) is 25.8 Å². The van der Waals surface area contributed by atoms with Gasteiger partial charge < -0.3 is 15.2 Å². The van der Waals surface area contributed by atoms with Gasteiger partial charge >= 0.3 is 6.18 Å². The predicted octanol–water partition coefficient (Wildman–Crippen LogP) is 2.26. The number of alkyl halides is 3. The van der Waals surface area contributed by atoms with E-state index in [-0.39, 0.29) is 30.5 Å². The minimum Gasteiger partial charge on any atom is -0.350 e. The van der Waals surface area contributed by atoms with Gasteiger partial charge in [-0.2, -0.15) is 13.2 Å². The van der Waals surface area contributed by atoms with Crippen LogP contribution in [0.2, 0.25) is 0 Å². The van der Waals surface area contributed by atoms with E-state index >= 15 is 0 Å². The van der Waals surface area contributed by atoms with Crippen LogP contribution < -0.4 is 10.6 Å². The first-order valence-electron chi connectivity index (χ1n) is 6.76. The van der Waals surface area contributed by atoms with Crippen molar-refractivity contribution in [2.24, 2.45) is 4.99 Å². The van der Waals surface area contributed by atoms with Crippen LogP contribution in [0, 0.1) is 0 Å². The average Bonchev–Trinajstić information content (AvgIpc) is 3.15. The number of aliphatic imine (C=N–C) groups is 1. The van der Waals surface area contributed by atoms with Crippen LogP contribution in [0.4, 0.5) is 13.2 Å². The van der Waals surface area contributed by atoms with E-state index in [1.54, 1.807) is 13.4 Å². The SMILES string of the molecule is CCn1cnnc1CNC(=NC)NCc1nc(C(F)(F)F)cs1.I. The second-order valence-electron chi connectivity index (χ2n) is 4.44. The van der Waals surface area contributed by atoms with Gasteiger partial charge in [-0.15, -0.1) is 45.5 Å². The van der Waals surface area contributed by atoms with Gasteiger partial charge in [-0.25, -0.2) is 4.98 Å². The number of nitrogens with one attached hydrogen (secondary N) is 2. The van der Waals surface area contributed by atoms with E-state index in [0.29, 0.717) is 17.5 Å². The van der Waals surface area contributed by atoms with Crippen molar-refractivity contribution in [3.8, 4) is 0 Å². The molecule has 0 saturated heterocycles. The van der Waals surface area contributed by atoms with Gasteiger partial charge in [-0.05, 0) is 6.92 Å². The molecule has 0 fully saturated rings. The van der Waals surface area contributed by atoms with Crippen molar-refractivity contribution in [1.82, 2.24) is 30.4 Å². The fraction of sp³-hybridized carbons (Fsp3) is 0.500. The first kappa shape index (κ1) is 20.6. The zero-order valence-electron chi connectivity index (χ0n) is 13.0. The predicted molar refractivity (Wildman–Crippen MR) is 95.3 cm³/mol. The average molecular weight is 475 g/mol. The molecular formula is C12H17F3IN7S. The third-order valence-electron chi connectivity index (χ3n) is 2.92. The van der Waals surface area contributed by atoms with Gasteiger partial charge in [0, 0.05) is 19.0 Å². The Morgan fingerprint density at radius 2 is 2.04 bits per heavy atom. The summed E-state index contributed by atoms with van der Waals surface area (Å²) in [6, 6.07) is 0. The number of hydrogen-bond donors (Lipinski definition) is 2. The highest BCUT2D eigenvalue weighted by molar-refractivity contribution is 14.0. The maximum absolute atomic E-state index is 12.5. The molecule has 24 heavy (non-hydrogen) atoms. The Labute approximate surface area is 157 Å². The number of aryl methyl sites for hydroxylation is 1. The molecule has 0 spiro atoms. The Hall–Kier alpha value is -1.44. The lowest BCUT2D eigenvalue weighted by atomic mass is 10.5. The third-order valence-corrected chi connectivity index (χ3v) is 3.77. The molecule has 2 heterocycles. The number of guanidine groups is 1. The standard InChI is InChI=1S/C12H16F3N7S.HI/c1-3-22-7-19-21-9(22)4-17-11(16-2)18-5-10-20-8(6-23-10)12(13,14)15;/h6-7H,3-5H2,1-2H3,(H2,16,17,18);1H. The number of rotatable bonds is 5. The Morgan fingerprint density at radius 3 is 2.62 bits per heavy atom. The molecule has 0 saturated carbocycles. The van der Waals surface area contributed by atoms with Crippen molar-refractivity contribution in [3.63, 3.8) is 0 Å². The van der Waals surface area contributed by atoms with E-state index < -0.39 is 11.9 Å². The van der Waals surface area contributed by atoms with Gasteiger partial charge in [0.1, 0.15) is 11.3 Å². The van der Waals surface area contributed by atoms with E-state index in [0.717, 1.165) is 29.1 Å². The molecule has 0 bridgehead atoms. The van der Waals surface area contributed by atoms with Gasteiger partial charge in [0.15, 0.2) is 17.5 Å². The summed E-state index contributed by atoms with van der Waals surface area (Å²) in [7, 11) is 1.57. The molecule has 0 aromatic carbocycles. The van der Waals surface area contributed by atoms with Crippen molar-refractivity contribution < 1.29 is 13.2 Å². The van der Waals surface area contributed by atoms with E-state index in [2.05, 4.69) is 30.8 Å². The summed E-state index contributed by atoms with van der Waals surface area (Å²) < 4.78 is 39.3. The van der Waals surface area contributed by atoms with Crippen LogP contribution in [0.5, 0.6) is 0 Å². The van der Waals surface area contributed by atoms with Gasteiger partial charge in [0.05, 0.1) is 13.1 Å². The highest BCUT2D eigenvalue weighted by Gasteiger charge is 2.33. The number of nitrogens with zero attached hydrogens (tertiary/aromatic N) is 5. The fourth-order valence-corrected chi connectivity index (χ4v) is 2.49. The highest BCUT2D eigenvalue weighted by Crippen LogP contribution is 2.29. The van der Waals surface area contributed by atoms with Gasteiger partial charge in [-0.3, -0.25) is 4.99 Å². The van der Waals surface area contributed by atoms with E-state index in [9.17, 15) is 13.2 Å². The number of thiazole rings is 1. The van der Waals surface area contributed by atoms with Crippen molar-refractivity contribution in [2.75, 3.05) is 7.05 Å². The maximum atomic E-state index is 12.5. The molecule has 2 aromatic heterocycles. The molecule has 2 aromatic rings. The zero-order chi connectivity index (χ0) is 16.9. The van der Waals surface area contributed by atoms with Crippen molar-refractivity contribution >= 4 is 41.3 Å². The Balaban J connectivity index is 0.00000288. The van der Waals surface area contributed by atoms with Crippen LogP contribution in [-0.4, -0.2) is 32.8 Å². The second-order valence-corrected chi connectivity index (χ2v) is 5.38. The van der Waals surface area contributed by atoms with Gasteiger partial charge in [-0.1, -0.05) is 0 Å². The van der Waals surface area contributed by atoms with Gasteiger partial charge in [0.25, 0.3) is 0 Å². The number of aromatic nitrogens is 4. The summed E-state index contributed by atoms with van der Waals surface area (Å²) in [6.07, 6.45) is -2.79.